The molecule has 0 aromatic rings. The summed E-state index contributed by atoms with van der Waals surface area (Å²) in [7, 11) is 0. The lowest BCUT2D eigenvalue weighted by Gasteiger charge is -2.21. The molecule has 0 aromatic heterocycles. The minimum atomic E-state index is 0.487. The summed E-state index contributed by atoms with van der Waals surface area (Å²) in [4.78, 5) is 2.59. The molecule has 88 valence electrons. The van der Waals surface area contributed by atoms with Crippen molar-refractivity contribution >= 4 is 0 Å². The molecule has 1 N–H and O–H groups in total. The molecule has 0 saturated carbocycles. The van der Waals surface area contributed by atoms with Gasteiger partial charge in [0.1, 0.15) is 0 Å². The fraction of sp³-hybridized carbons (Fsp3) is 1.00. The zero-order chi connectivity index (χ0) is 10.5. The predicted octanol–water partition coefficient (Wildman–Crippen LogP) is 1.24. The minimum absolute atomic E-state index is 0.487. The smallest absolute Gasteiger partial charge is 0.0700 e. The van der Waals surface area contributed by atoms with Crippen molar-refractivity contribution in [3.05, 3.63) is 0 Å². The van der Waals surface area contributed by atoms with Crippen LogP contribution in [0, 0.1) is 0 Å². The third-order valence-electron chi connectivity index (χ3n) is 3.66. The van der Waals surface area contributed by atoms with E-state index in [1.165, 1.54) is 38.8 Å². The van der Waals surface area contributed by atoms with E-state index in [0.717, 1.165) is 25.7 Å². The molecule has 0 aliphatic carbocycles. The van der Waals surface area contributed by atoms with E-state index in [2.05, 4.69) is 17.1 Å². The average Bonchev–Trinajstić information content (AvgIpc) is 2.85. The SMILES string of the molecule is CC1CCCN1CCNCC1CCCO1. The third kappa shape index (κ3) is 3.44. The number of nitrogens with one attached hydrogen (secondary N) is 1. The number of likely N-dealkylation sites (tertiary alicyclic amines) is 1. The van der Waals surface area contributed by atoms with E-state index < -0.39 is 0 Å². The van der Waals surface area contributed by atoms with Gasteiger partial charge in [0.25, 0.3) is 0 Å². The maximum Gasteiger partial charge on any atom is 0.0700 e. The fourth-order valence-electron chi connectivity index (χ4n) is 2.62. The molecule has 2 unspecified atom stereocenters. The summed E-state index contributed by atoms with van der Waals surface area (Å²) >= 11 is 0. The molecule has 2 aliphatic heterocycles. The fourth-order valence-corrected chi connectivity index (χ4v) is 2.62. The summed E-state index contributed by atoms with van der Waals surface area (Å²) in [6.45, 7) is 7.96. The molecule has 2 heterocycles. The Kier molecular flexibility index (Phi) is 4.42. The van der Waals surface area contributed by atoms with Gasteiger partial charge in [0.15, 0.2) is 0 Å². The van der Waals surface area contributed by atoms with Crippen LogP contribution in [-0.4, -0.2) is 49.8 Å². The molecular formula is C12H24N2O. The van der Waals surface area contributed by atoms with Crippen molar-refractivity contribution in [3.63, 3.8) is 0 Å². The van der Waals surface area contributed by atoms with Gasteiger partial charge in [-0.1, -0.05) is 0 Å². The Morgan fingerprint density at radius 3 is 2.93 bits per heavy atom. The quantitative estimate of drug-likeness (QED) is 0.694. The summed E-state index contributed by atoms with van der Waals surface area (Å²) in [6, 6.07) is 0.800. The van der Waals surface area contributed by atoms with Crippen molar-refractivity contribution in [1.29, 1.82) is 0 Å². The first-order valence-corrected chi connectivity index (χ1v) is 6.42. The van der Waals surface area contributed by atoms with Crippen LogP contribution in [0.25, 0.3) is 0 Å². The second-order valence-corrected chi connectivity index (χ2v) is 4.87. The second-order valence-electron chi connectivity index (χ2n) is 4.87. The summed E-state index contributed by atoms with van der Waals surface area (Å²) < 4.78 is 5.57. The molecule has 0 bridgehead atoms. The molecule has 2 rings (SSSR count). The molecule has 3 nitrogen and oxygen atoms in total. The molecule has 0 spiro atoms. The monoisotopic (exact) mass is 212 g/mol. The number of ether oxygens (including phenoxy) is 1. The van der Waals surface area contributed by atoms with Crippen LogP contribution in [0.3, 0.4) is 0 Å². The topological polar surface area (TPSA) is 24.5 Å². The predicted molar refractivity (Wildman–Crippen MR) is 62.1 cm³/mol. The van der Waals surface area contributed by atoms with Crippen molar-refractivity contribution in [2.24, 2.45) is 0 Å². The Morgan fingerprint density at radius 2 is 2.27 bits per heavy atom. The summed E-state index contributed by atoms with van der Waals surface area (Å²) in [6.07, 6.45) is 5.74. The highest BCUT2D eigenvalue weighted by atomic mass is 16.5. The van der Waals surface area contributed by atoms with Crippen molar-refractivity contribution < 1.29 is 4.74 Å². The highest BCUT2D eigenvalue weighted by Crippen LogP contribution is 2.15. The first-order valence-electron chi connectivity index (χ1n) is 6.42. The van der Waals surface area contributed by atoms with Gasteiger partial charge in [-0.3, -0.25) is 4.90 Å². The van der Waals surface area contributed by atoms with Gasteiger partial charge in [-0.05, 0) is 39.2 Å². The van der Waals surface area contributed by atoms with E-state index in [0.29, 0.717) is 6.10 Å². The molecule has 2 saturated heterocycles. The molecule has 2 atom stereocenters. The largest absolute Gasteiger partial charge is 0.377 e. The van der Waals surface area contributed by atoms with Gasteiger partial charge in [-0.25, -0.2) is 0 Å². The van der Waals surface area contributed by atoms with E-state index in [9.17, 15) is 0 Å². The van der Waals surface area contributed by atoms with Gasteiger partial charge in [-0.2, -0.15) is 0 Å². The zero-order valence-electron chi connectivity index (χ0n) is 9.87. The van der Waals surface area contributed by atoms with Crippen LogP contribution in [0.2, 0.25) is 0 Å². The molecule has 0 amide bonds. The Labute approximate surface area is 93.2 Å². The second kappa shape index (κ2) is 5.83. The first kappa shape index (κ1) is 11.4. The lowest BCUT2D eigenvalue weighted by molar-refractivity contribution is 0.109. The molecular weight excluding hydrogens is 188 g/mol. The summed E-state index contributed by atoms with van der Waals surface area (Å²) in [5.41, 5.74) is 0. The van der Waals surface area contributed by atoms with Crippen LogP contribution in [0.15, 0.2) is 0 Å². The van der Waals surface area contributed by atoms with Gasteiger partial charge in [0.05, 0.1) is 6.10 Å². The minimum Gasteiger partial charge on any atom is -0.377 e. The number of hydrogen-bond acceptors (Lipinski definition) is 3. The van der Waals surface area contributed by atoms with Crippen LogP contribution in [0.1, 0.15) is 32.6 Å². The van der Waals surface area contributed by atoms with Crippen molar-refractivity contribution in [2.45, 2.75) is 44.8 Å². The number of nitrogens with zero attached hydrogens (tertiary/aromatic N) is 1. The van der Waals surface area contributed by atoms with Crippen molar-refractivity contribution in [2.75, 3.05) is 32.8 Å². The van der Waals surface area contributed by atoms with Gasteiger partial charge in [-0.15, -0.1) is 0 Å². The van der Waals surface area contributed by atoms with Crippen LogP contribution in [-0.2, 0) is 4.74 Å². The lowest BCUT2D eigenvalue weighted by Crippen LogP contribution is -2.36. The highest BCUT2D eigenvalue weighted by Gasteiger charge is 2.19. The summed E-state index contributed by atoms with van der Waals surface area (Å²) in [5, 5.41) is 3.51. The van der Waals surface area contributed by atoms with E-state index in [-0.39, 0.29) is 0 Å². The lowest BCUT2D eigenvalue weighted by atomic mass is 10.2. The molecule has 0 aromatic carbocycles. The number of rotatable bonds is 5. The maximum absolute atomic E-state index is 5.57. The Hall–Kier alpha value is -0.120. The molecule has 15 heavy (non-hydrogen) atoms. The molecule has 2 fully saturated rings. The van der Waals surface area contributed by atoms with Crippen LogP contribution in [0.4, 0.5) is 0 Å². The Bertz CT molecular complexity index is 180. The van der Waals surface area contributed by atoms with Crippen molar-refractivity contribution in [3.8, 4) is 0 Å². The Balaban J connectivity index is 1.51. The average molecular weight is 212 g/mol. The molecule has 3 heteroatoms. The van der Waals surface area contributed by atoms with E-state index in [1.807, 2.05) is 0 Å². The molecule has 2 aliphatic rings. The van der Waals surface area contributed by atoms with Gasteiger partial charge >= 0.3 is 0 Å². The van der Waals surface area contributed by atoms with E-state index in [1.54, 1.807) is 0 Å². The van der Waals surface area contributed by atoms with Gasteiger partial charge in [0, 0.05) is 32.3 Å². The van der Waals surface area contributed by atoms with Gasteiger partial charge in [0.2, 0.25) is 0 Å². The highest BCUT2D eigenvalue weighted by molar-refractivity contribution is 4.76. The molecule has 0 radical (unpaired) electrons. The number of hydrogen-bond donors (Lipinski definition) is 1. The van der Waals surface area contributed by atoms with Crippen LogP contribution in [0.5, 0.6) is 0 Å². The summed E-state index contributed by atoms with van der Waals surface area (Å²) in [5.74, 6) is 0. The maximum atomic E-state index is 5.57. The van der Waals surface area contributed by atoms with Crippen LogP contribution < -0.4 is 5.32 Å². The normalized spacial score (nSPS) is 32.6. The van der Waals surface area contributed by atoms with Crippen LogP contribution >= 0.6 is 0 Å². The van der Waals surface area contributed by atoms with Gasteiger partial charge < -0.3 is 10.1 Å². The van der Waals surface area contributed by atoms with E-state index >= 15 is 0 Å². The van der Waals surface area contributed by atoms with E-state index in [4.69, 9.17) is 4.74 Å². The standard InChI is InChI=1S/C12H24N2O/c1-11-4-2-7-14(11)8-6-13-10-12-5-3-9-15-12/h11-13H,2-10H2,1H3. The first-order chi connectivity index (χ1) is 7.36. The van der Waals surface area contributed by atoms with Crippen molar-refractivity contribution in [1.82, 2.24) is 10.2 Å². The zero-order valence-corrected chi connectivity index (χ0v) is 9.87. The Morgan fingerprint density at radius 1 is 1.33 bits per heavy atom. The third-order valence-corrected chi connectivity index (χ3v) is 3.66.